The van der Waals surface area contributed by atoms with Crippen molar-refractivity contribution in [3.63, 3.8) is 0 Å². The molecule has 0 aliphatic carbocycles. The number of nitro groups is 1. The van der Waals surface area contributed by atoms with Gasteiger partial charge in [-0.05, 0) is 25.1 Å². The topological polar surface area (TPSA) is 102 Å². The molecule has 0 fully saturated rings. The second kappa shape index (κ2) is 5.84. The number of rotatable bonds is 5. The highest BCUT2D eigenvalue weighted by atomic mass is 35.5. The Hall–Kier alpha value is -1.90. The summed E-state index contributed by atoms with van der Waals surface area (Å²) in [5.74, 6) is 0.422. The summed E-state index contributed by atoms with van der Waals surface area (Å²) in [6.07, 6.45) is 1.41. The van der Waals surface area contributed by atoms with Crippen LogP contribution in [0.3, 0.4) is 0 Å². The number of nitro benzene ring substituents is 1. The third-order valence-corrected chi connectivity index (χ3v) is 4.59. The third kappa shape index (κ3) is 3.41. The lowest BCUT2D eigenvalue weighted by molar-refractivity contribution is -0.385. The number of benzene rings is 1. The molecule has 0 atom stereocenters. The highest BCUT2D eigenvalue weighted by Gasteiger charge is 2.22. The molecule has 9 heteroatoms. The van der Waals surface area contributed by atoms with Crippen LogP contribution in [-0.4, -0.2) is 13.3 Å². The maximum Gasteiger partial charge on any atom is 0.275 e. The van der Waals surface area contributed by atoms with Crippen molar-refractivity contribution in [2.45, 2.75) is 18.4 Å². The number of furan rings is 1. The average molecular weight is 331 g/mol. The molecule has 0 unspecified atom stereocenters. The first-order chi connectivity index (χ1) is 9.81. The van der Waals surface area contributed by atoms with Crippen molar-refractivity contribution >= 4 is 27.3 Å². The van der Waals surface area contributed by atoms with Crippen molar-refractivity contribution < 1.29 is 17.8 Å². The SMILES string of the molecule is Cc1c(Cl)cc(S(=O)(=O)NCc2ccco2)cc1[N+](=O)[O-]. The molecule has 1 aromatic heterocycles. The molecular weight excluding hydrogens is 320 g/mol. The summed E-state index contributed by atoms with van der Waals surface area (Å²) in [4.78, 5) is 9.97. The number of nitrogens with zero attached hydrogens (tertiary/aromatic N) is 1. The lowest BCUT2D eigenvalue weighted by atomic mass is 10.2. The molecule has 0 aliphatic heterocycles. The van der Waals surface area contributed by atoms with Gasteiger partial charge in [-0.15, -0.1) is 0 Å². The highest BCUT2D eigenvalue weighted by Crippen LogP contribution is 2.29. The zero-order valence-corrected chi connectivity index (χ0v) is 12.4. The summed E-state index contributed by atoms with van der Waals surface area (Å²) in [5, 5.41) is 10.9. The fourth-order valence-electron chi connectivity index (χ4n) is 1.65. The molecule has 0 aliphatic rings. The molecule has 7 nitrogen and oxygen atoms in total. The van der Waals surface area contributed by atoms with Crippen LogP contribution in [0.5, 0.6) is 0 Å². The fourth-order valence-corrected chi connectivity index (χ4v) is 2.97. The van der Waals surface area contributed by atoms with Crippen LogP contribution in [-0.2, 0) is 16.6 Å². The summed E-state index contributed by atoms with van der Waals surface area (Å²) in [5.41, 5.74) is -0.132. The monoisotopic (exact) mass is 330 g/mol. The largest absolute Gasteiger partial charge is 0.468 e. The molecule has 21 heavy (non-hydrogen) atoms. The Bertz CT molecular complexity index is 771. The second-order valence-corrected chi connectivity index (χ2v) is 6.38. The number of nitrogens with one attached hydrogen (secondary N) is 1. The van der Waals surface area contributed by atoms with Crippen LogP contribution in [0.1, 0.15) is 11.3 Å². The minimum absolute atomic E-state index is 0.0163. The molecule has 2 aromatic rings. The van der Waals surface area contributed by atoms with Crippen molar-refractivity contribution in [2.24, 2.45) is 0 Å². The predicted octanol–water partition coefficient (Wildman–Crippen LogP) is 2.63. The van der Waals surface area contributed by atoms with Gasteiger partial charge >= 0.3 is 0 Å². The maximum atomic E-state index is 12.1. The number of sulfonamides is 1. The van der Waals surface area contributed by atoms with E-state index in [0.717, 1.165) is 6.07 Å². The Balaban J connectivity index is 2.33. The molecule has 0 amide bonds. The van der Waals surface area contributed by atoms with Crippen molar-refractivity contribution in [2.75, 3.05) is 0 Å². The molecule has 1 heterocycles. The van der Waals surface area contributed by atoms with Gasteiger partial charge in [0, 0.05) is 11.6 Å². The van der Waals surface area contributed by atoms with Gasteiger partial charge in [0.2, 0.25) is 10.0 Å². The Morgan fingerprint density at radius 2 is 2.14 bits per heavy atom. The molecule has 0 bridgehead atoms. The Kier molecular flexibility index (Phi) is 4.31. The number of hydrogen-bond acceptors (Lipinski definition) is 5. The summed E-state index contributed by atoms with van der Waals surface area (Å²) < 4.78 is 31.6. The highest BCUT2D eigenvalue weighted by molar-refractivity contribution is 7.89. The van der Waals surface area contributed by atoms with Gasteiger partial charge in [0.15, 0.2) is 0 Å². The first-order valence-electron chi connectivity index (χ1n) is 5.78. The summed E-state index contributed by atoms with van der Waals surface area (Å²) >= 11 is 5.85. The minimum atomic E-state index is -3.93. The first-order valence-corrected chi connectivity index (χ1v) is 7.64. The molecule has 0 spiro atoms. The summed E-state index contributed by atoms with van der Waals surface area (Å²) in [6.45, 7) is 1.39. The smallest absolute Gasteiger partial charge is 0.275 e. The maximum absolute atomic E-state index is 12.1. The van der Waals surface area contributed by atoms with Crippen LogP contribution < -0.4 is 4.72 Å². The summed E-state index contributed by atoms with van der Waals surface area (Å²) in [7, 11) is -3.93. The molecule has 1 aromatic carbocycles. The third-order valence-electron chi connectivity index (χ3n) is 2.81. The van der Waals surface area contributed by atoms with Crippen LogP contribution in [0.15, 0.2) is 39.8 Å². The van der Waals surface area contributed by atoms with Gasteiger partial charge in [0.1, 0.15) is 5.76 Å². The fraction of sp³-hybridized carbons (Fsp3) is 0.167. The first kappa shape index (κ1) is 15.5. The van der Waals surface area contributed by atoms with Crippen LogP contribution >= 0.6 is 11.6 Å². The van der Waals surface area contributed by atoms with Gasteiger partial charge < -0.3 is 4.42 Å². The zero-order valence-electron chi connectivity index (χ0n) is 10.9. The average Bonchev–Trinajstić information content (AvgIpc) is 2.92. The summed E-state index contributed by atoms with van der Waals surface area (Å²) in [6, 6.07) is 5.38. The lowest BCUT2D eigenvalue weighted by Gasteiger charge is -2.07. The predicted molar refractivity (Wildman–Crippen MR) is 75.6 cm³/mol. The molecule has 1 N–H and O–H groups in total. The van der Waals surface area contributed by atoms with Crippen molar-refractivity contribution in [1.29, 1.82) is 0 Å². The van der Waals surface area contributed by atoms with Gasteiger partial charge in [-0.3, -0.25) is 10.1 Å². The van der Waals surface area contributed by atoms with Crippen LogP contribution in [0.25, 0.3) is 0 Å². The van der Waals surface area contributed by atoms with E-state index in [1.807, 2.05) is 0 Å². The van der Waals surface area contributed by atoms with Crippen molar-refractivity contribution in [3.05, 3.63) is 57.0 Å². The van der Waals surface area contributed by atoms with Gasteiger partial charge in [-0.2, -0.15) is 0 Å². The lowest BCUT2D eigenvalue weighted by Crippen LogP contribution is -2.23. The zero-order chi connectivity index (χ0) is 15.6. The Labute approximate surface area is 125 Å². The van der Waals surface area contributed by atoms with E-state index in [1.165, 1.54) is 19.3 Å². The van der Waals surface area contributed by atoms with Gasteiger partial charge in [-0.25, -0.2) is 13.1 Å². The van der Waals surface area contributed by atoms with Crippen molar-refractivity contribution in [3.8, 4) is 0 Å². The second-order valence-electron chi connectivity index (χ2n) is 4.21. The molecule has 2 rings (SSSR count). The number of halogens is 1. The molecule has 112 valence electrons. The van der Waals surface area contributed by atoms with E-state index in [9.17, 15) is 18.5 Å². The normalized spacial score (nSPS) is 11.5. The minimum Gasteiger partial charge on any atom is -0.468 e. The number of hydrogen-bond donors (Lipinski definition) is 1. The van der Waals surface area contributed by atoms with Crippen LogP contribution in [0.2, 0.25) is 5.02 Å². The Morgan fingerprint density at radius 1 is 1.43 bits per heavy atom. The van der Waals surface area contributed by atoms with E-state index >= 15 is 0 Å². The van der Waals surface area contributed by atoms with E-state index in [-0.39, 0.29) is 27.7 Å². The van der Waals surface area contributed by atoms with Gasteiger partial charge in [0.05, 0.1) is 27.6 Å². The standard InChI is InChI=1S/C12H11ClN2O5S/c1-8-11(13)5-10(6-12(8)15(16)17)21(18,19)14-7-9-3-2-4-20-9/h2-6,14H,7H2,1H3. The molecule has 0 saturated carbocycles. The Morgan fingerprint density at radius 3 is 2.71 bits per heavy atom. The van der Waals surface area contributed by atoms with E-state index in [4.69, 9.17) is 16.0 Å². The quantitative estimate of drug-likeness (QED) is 0.670. The molecular formula is C12H11ClN2O5S. The van der Waals surface area contributed by atoms with E-state index in [0.29, 0.717) is 5.76 Å². The van der Waals surface area contributed by atoms with Gasteiger partial charge in [-0.1, -0.05) is 11.6 Å². The van der Waals surface area contributed by atoms with E-state index in [1.54, 1.807) is 12.1 Å². The van der Waals surface area contributed by atoms with Crippen molar-refractivity contribution in [1.82, 2.24) is 4.72 Å². The molecule has 0 radical (unpaired) electrons. The van der Waals surface area contributed by atoms with E-state index in [2.05, 4.69) is 4.72 Å². The van der Waals surface area contributed by atoms with E-state index < -0.39 is 14.9 Å². The van der Waals surface area contributed by atoms with Crippen LogP contribution in [0.4, 0.5) is 5.69 Å². The van der Waals surface area contributed by atoms with Gasteiger partial charge in [0.25, 0.3) is 5.69 Å². The van der Waals surface area contributed by atoms with Crippen LogP contribution in [0, 0.1) is 17.0 Å². The molecule has 0 saturated heterocycles.